The first-order chi connectivity index (χ1) is 12.1. The Balaban J connectivity index is 1.67. The van der Waals surface area contributed by atoms with Crippen LogP contribution in [0.1, 0.15) is 6.42 Å². The zero-order valence-corrected chi connectivity index (χ0v) is 14.0. The molecule has 9 nitrogen and oxygen atoms in total. The highest BCUT2D eigenvalue weighted by Gasteiger charge is 2.28. The third-order valence-electron chi connectivity index (χ3n) is 4.29. The molecule has 4 rings (SSSR count). The van der Waals surface area contributed by atoms with Crippen LogP contribution >= 0.6 is 0 Å². The van der Waals surface area contributed by atoms with E-state index in [9.17, 15) is 8.42 Å². The van der Waals surface area contributed by atoms with Gasteiger partial charge in [-0.1, -0.05) is 0 Å². The number of hydrogen-bond donors (Lipinski definition) is 2. The van der Waals surface area contributed by atoms with Crippen molar-refractivity contribution in [3.8, 4) is 6.07 Å². The molecular formula is C15H15N7O2S. The van der Waals surface area contributed by atoms with Crippen molar-refractivity contribution in [1.82, 2.24) is 24.9 Å². The van der Waals surface area contributed by atoms with Crippen molar-refractivity contribution in [3.05, 3.63) is 24.7 Å². The minimum atomic E-state index is -3.57. The minimum absolute atomic E-state index is 0.231. The lowest BCUT2D eigenvalue weighted by Gasteiger charge is -2.20. The molecule has 1 fully saturated rings. The van der Waals surface area contributed by atoms with Crippen LogP contribution in [0.15, 0.2) is 24.7 Å². The summed E-state index contributed by atoms with van der Waals surface area (Å²) in [6.45, 7) is 1.20. The smallest absolute Gasteiger partial charge is 0.225 e. The molecular weight excluding hydrogens is 342 g/mol. The summed E-state index contributed by atoms with van der Waals surface area (Å²) in [5.74, 6) is -0.529. The summed E-state index contributed by atoms with van der Waals surface area (Å²) in [6.07, 6.45) is 5.91. The van der Waals surface area contributed by atoms with E-state index in [1.54, 1.807) is 18.5 Å². The Morgan fingerprint density at radius 3 is 3.12 bits per heavy atom. The number of nitrogens with one attached hydrogen (secondary N) is 2. The highest BCUT2D eigenvalue weighted by atomic mass is 32.2. The molecule has 0 spiro atoms. The number of fused-ring (bicyclic) bond motifs is 3. The number of hydrogen-bond acceptors (Lipinski definition) is 7. The molecule has 128 valence electrons. The summed E-state index contributed by atoms with van der Waals surface area (Å²) >= 11 is 0. The number of aromatic amines is 1. The molecule has 1 aliphatic rings. The molecule has 10 heteroatoms. The maximum Gasteiger partial charge on any atom is 0.225 e. The lowest BCUT2D eigenvalue weighted by molar-refractivity contribution is 0.565. The molecule has 0 aromatic carbocycles. The molecule has 3 aromatic rings. The van der Waals surface area contributed by atoms with Crippen molar-refractivity contribution < 1.29 is 8.42 Å². The fourth-order valence-electron chi connectivity index (χ4n) is 3.24. The van der Waals surface area contributed by atoms with E-state index in [1.165, 1.54) is 0 Å². The summed E-state index contributed by atoms with van der Waals surface area (Å²) in [7, 11) is -3.57. The van der Waals surface area contributed by atoms with Crippen LogP contribution < -0.4 is 9.62 Å². The fourth-order valence-corrected chi connectivity index (χ4v) is 4.19. The Labute approximate surface area is 143 Å². The van der Waals surface area contributed by atoms with Gasteiger partial charge in [0.05, 0.1) is 24.2 Å². The first-order valence-corrected chi connectivity index (χ1v) is 9.42. The van der Waals surface area contributed by atoms with Crippen LogP contribution in [-0.2, 0) is 10.0 Å². The number of H-pyrrole nitrogens is 1. The van der Waals surface area contributed by atoms with E-state index >= 15 is 0 Å². The van der Waals surface area contributed by atoms with Gasteiger partial charge < -0.3 is 9.88 Å². The molecule has 0 bridgehead atoms. The van der Waals surface area contributed by atoms with E-state index in [2.05, 4.69) is 29.8 Å². The van der Waals surface area contributed by atoms with E-state index in [4.69, 9.17) is 5.26 Å². The van der Waals surface area contributed by atoms with Gasteiger partial charge in [0.2, 0.25) is 10.0 Å². The molecule has 2 N–H and O–H groups in total. The van der Waals surface area contributed by atoms with E-state index in [1.807, 2.05) is 12.3 Å². The van der Waals surface area contributed by atoms with Crippen LogP contribution in [-0.4, -0.2) is 53.5 Å². The number of pyridine rings is 1. The zero-order valence-electron chi connectivity index (χ0n) is 13.2. The van der Waals surface area contributed by atoms with Gasteiger partial charge >= 0.3 is 0 Å². The van der Waals surface area contributed by atoms with Gasteiger partial charge in [0.15, 0.2) is 11.4 Å². The Bertz CT molecular complexity index is 1090. The normalized spacial score (nSPS) is 18.0. The molecule has 0 amide bonds. The van der Waals surface area contributed by atoms with Crippen molar-refractivity contribution >= 4 is 37.6 Å². The van der Waals surface area contributed by atoms with Gasteiger partial charge in [-0.05, 0) is 12.5 Å². The molecule has 25 heavy (non-hydrogen) atoms. The van der Waals surface area contributed by atoms with Crippen LogP contribution in [0.4, 0.5) is 5.69 Å². The number of nitrogens with zero attached hydrogens (tertiary/aromatic N) is 5. The van der Waals surface area contributed by atoms with Gasteiger partial charge in [0.1, 0.15) is 5.52 Å². The lowest BCUT2D eigenvalue weighted by atomic mass is 10.1. The van der Waals surface area contributed by atoms with Crippen LogP contribution in [0, 0.1) is 11.3 Å². The summed E-state index contributed by atoms with van der Waals surface area (Å²) in [6, 6.07) is 3.39. The van der Waals surface area contributed by atoms with Gasteiger partial charge in [0, 0.05) is 36.1 Å². The van der Waals surface area contributed by atoms with E-state index in [0.29, 0.717) is 30.7 Å². The van der Waals surface area contributed by atoms with Gasteiger partial charge in [-0.15, -0.1) is 10.2 Å². The maximum absolute atomic E-state index is 11.8. The number of nitriles is 1. The second-order valence-electron chi connectivity index (χ2n) is 5.96. The molecule has 1 saturated heterocycles. The van der Waals surface area contributed by atoms with E-state index < -0.39 is 15.8 Å². The van der Waals surface area contributed by atoms with Crippen LogP contribution in [0.3, 0.4) is 0 Å². The number of anilines is 1. The molecule has 0 saturated carbocycles. The molecule has 1 aliphatic heterocycles. The van der Waals surface area contributed by atoms with Crippen LogP contribution in [0.5, 0.6) is 0 Å². The topological polar surface area (TPSA) is 128 Å². The predicted octanol–water partition coefficient (Wildman–Crippen LogP) is 0.528. The molecule has 3 aromatic heterocycles. The highest BCUT2D eigenvalue weighted by molar-refractivity contribution is 7.89. The van der Waals surface area contributed by atoms with Crippen molar-refractivity contribution in [3.63, 3.8) is 0 Å². The maximum atomic E-state index is 11.8. The van der Waals surface area contributed by atoms with Crippen molar-refractivity contribution in [2.45, 2.75) is 12.5 Å². The number of rotatable bonds is 4. The van der Waals surface area contributed by atoms with E-state index in [0.717, 1.165) is 16.5 Å². The van der Waals surface area contributed by atoms with Gasteiger partial charge in [-0.2, -0.15) is 5.26 Å². The molecule has 4 heterocycles. The monoisotopic (exact) mass is 357 g/mol. The average molecular weight is 357 g/mol. The van der Waals surface area contributed by atoms with Crippen LogP contribution in [0.2, 0.25) is 0 Å². The van der Waals surface area contributed by atoms with Crippen molar-refractivity contribution in [2.24, 2.45) is 0 Å². The number of sulfonamides is 1. The first-order valence-electron chi connectivity index (χ1n) is 7.77. The van der Waals surface area contributed by atoms with Crippen molar-refractivity contribution in [2.75, 3.05) is 23.7 Å². The predicted molar refractivity (Wildman–Crippen MR) is 92.3 cm³/mol. The SMILES string of the molecule is N#CCS(=O)(=O)NC1CCN(c2cncc3nnc4[nH]ccc4c23)C1. The third kappa shape index (κ3) is 2.88. The summed E-state index contributed by atoms with van der Waals surface area (Å²) in [5.41, 5.74) is 2.29. The Morgan fingerprint density at radius 1 is 1.40 bits per heavy atom. The highest BCUT2D eigenvalue weighted by Crippen LogP contribution is 2.32. The average Bonchev–Trinajstić information content (AvgIpc) is 3.22. The summed E-state index contributed by atoms with van der Waals surface area (Å²) in [5, 5.41) is 18.8. The fraction of sp³-hybridized carbons (Fsp3) is 0.333. The second-order valence-corrected chi connectivity index (χ2v) is 7.71. The second kappa shape index (κ2) is 5.94. The van der Waals surface area contributed by atoms with E-state index in [-0.39, 0.29) is 6.04 Å². The molecule has 1 atom stereocenters. The Hall–Kier alpha value is -2.77. The van der Waals surface area contributed by atoms with Gasteiger partial charge in [-0.25, -0.2) is 13.1 Å². The Morgan fingerprint density at radius 2 is 2.28 bits per heavy atom. The largest absolute Gasteiger partial charge is 0.368 e. The molecule has 1 unspecified atom stereocenters. The van der Waals surface area contributed by atoms with Gasteiger partial charge in [0.25, 0.3) is 0 Å². The van der Waals surface area contributed by atoms with Gasteiger partial charge in [-0.3, -0.25) is 4.98 Å². The van der Waals surface area contributed by atoms with Crippen LogP contribution in [0.25, 0.3) is 21.9 Å². The van der Waals surface area contributed by atoms with Crippen molar-refractivity contribution in [1.29, 1.82) is 5.26 Å². The molecule has 0 aliphatic carbocycles. The summed E-state index contributed by atoms with van der Waals surface area (Å²) in [4.78, 5) is 9.38. The quantitative estimate of drug-likeness (QED) is 0.697. The first kappa shape index (κ1) is 15.7. The summed E-state index contributed by atoms with van der Waals surface area (Å²) < 4.78 is 26.2. The third-order valence-corrected chi connectivity index (χ3v) is 5.49. The Kier molecular flexibility index (Phi) is 3.74. The lowest BCUT2D eigenvalue weighted by Crippen LogP contribution is -2.38. The minimum Gasteiger partial charge on any atom is -0.368 e. The number of aromatic nitrogens is 4. The standard InChI is InChI=1S/C15H15N7O2S/c16-3-6-25(23,24)21-10-2-5-22(9-10)13-8-17-7-12-14(13)11-1-4-18-15(11)20-19-12/h1,4,7-8,10,21H,2,5-6,9H2,(H,18,20). The zero-order chi connectivity index (χ0) is 17.4. The molecule has 0 radical (unpaired) electrons.